The fraction of sp³-hybridized carbons (Fsp3) is 0.500. The molecule has 0 heterocycles. The molecule has 0 saturated carbocycles. The van der Waals surface area contributed by atoms with Crippen molar-refractivity contribution in [1.82, 2.24) is 0 Å². The number of esters is 1. The van der Waals surface area contributed by atoms with Crippen LogP contribution in [0.3, 0.4) is 0 Å². The van der Waals surface area contributed by atoms with Crippen molar-refractivity contribution in [2.45, 2.75) is 33.1 Å². The van der Waals surface area contributed by atoms with Gasteiger partial charge in [-0.25, -0.2) is 0 Å². The maximum atomic E-state index is 11.1. The molecule has 0 unspecified atom stereocenters. The first kappa shape index (κ1) is 15.3. The molecule has 5 nitrogen and oxygen atoms in total. The van der Waals surface area contributed by atoms with E-state index in [1.165, 1.54) is 0 Å². The van der Waals surface area contributed by atoms with Gasteiger partial charge in [0.15, 0.2) is 0 Å². The predicted octanol–water partition coefficient (Wildman–Crippen LogP) is 2.91. The summed E-state index contributed by atoms with van der Waals surface area (Å²) in [6, 6.07) is 5.37. The highest BCUT2D eigenvalue weighted by Gasteiger charge is 2.03. The minimum atomic E-state index is -0.162. The molecule has 0 radical (unpaired) electrons. The predicted molar refractivity (Wildman–Crippen MR) is 72.6 cm³/mol. The summed E-state index contributed by atoms with van der Waals surface area (Å²) in [5.74, 6) is 0.570. The zero-order valence-electron chi connectivity index (χ0n) is 11.4. The first-order chi connectivity index (χ1) is 9.17. The second-order valence-corrected chi connectivity index (χ2v) is 4.20. The molecule has 2 N–H and O–H groups in total. The molecule has 1 rings (SSSR count). The molecule has 0 aliphatic heterocycles. The van der Waals surface area contributed by atoms with Crippen LogP contribution in [0.15, 0.2) is 18.2 Å². The fourth-order valence-corrected chi connectivity index (χ4v) is 1.61. The van der Waals surface area contributed by atoms with Crippen LogP contribution in [0.4, 0.5) is 5.69 Å². The number of aryl methyl sites for hydroxylation is 1. The van der Waals surface area contributed by atoms with E-state index in [4.69, 9.17) is 14.7 Å². The third-order valence-electron chi connectivity index (χ3n) is 2.66. The standard InChI is InChI=1S/C14H21NO4/c1-3-18-14(16)6-4-5-9-19-13-10-12(15-17)8-7-11(13)2/h7-8,10,15,17H,3-6,9H2,1-2H3. The van der Waals surface area contributed by atoms with Crippen molar-refractivity contribution in [1.29, 1.82) is 0 Å². The van der Waals surface area contributed by atoms with E-state index in [9.17, 15) is 4.79 Å². The van der Waals surface area contributed by atoms with E-state index in [1.54, 1.807) is 19.1 Å². The van der Waals surface area contributed by atoms with Crippen LogP contribution >= 0.6 is 0 Å². The molecule has 0 fully saturated rings. The summed E-state index contributed by atoms with van der Waals surface area (Å²) in [6.45, 7) is 4.70. The van der Waals surface area contributed by atoms with E-state index in [2.05, 4.69) is 5.48 Å². The van der Waals surface area contributed by atoms with Gasteiger partial charge in [0, 0.05) is 12.5 Å². The quantitative estimate of drug-likeness (QED) is 0.430. The van der Waals surface area contributed by atoms with Gasteiger partial charge in [-0.2, -0.15) is 0 Å². The van der Waals surface area contributed by atoms with Crippen molar-refractivity contribution in [3.8, 4) is 5.75 Å². The summed E-state index contributed by atoms with van der Waals surface area (Å²) in [4.78, 5) is 11.1. The van der Waals surface area contributed by atoms with Crippen molar-refractivity contribution in [3.63, 3.8) is 0 Å². The molecule has 0 aromatic heterocycles. The third kappa shape index (κ3) is 5.61. The molecule has 106 valence electrons. The lowest BCUT2D eigenvalue weighted by Crippen LogP contribution is -2.05. The molecule has 0 spiro atoms. The topological polar surface area (TPSA) is 67.8 Å². The number of anilines is 1. The van der Waals surface area contributed by atoms with Crippen molar-refractivity contribution >= 4 is 11.7 Å². The summed E-state index contributed by atoms with van der Waals surface area (Å²) in [5.41, 5.74) is 3.68. The minimum Gasteiger partial charge on any atom is -0.493 e. The summed E-state index contributed by atoms with van der Waals surface area (Å²) in [7, 11) is 0. The lowest BCUT2D eigenvalue weighted by atomic mass is 10.2. The molecule has 0 saturated heterocycles. The molecule has 0 aliphatic rings. The van der Waals surface area contributed by atoms with E-state index < -0.39 is 0 Å². The van der Waals surface area contributed by atoms with E-state index in [0.29, 0.717) is 25.3 Å². The number of nitrogens with one attached hydrogen (secondary N) is 1. The van der Waals surface area contributed by atoms with E-state index in [0.717, 1.165) is 24.2 Å². The number of carbonyl (C=O) groups is 1. The van der Waals surface area contributed by atoms with E-state index in [1.807, 2.05) is 13.0 Å². The monoisotopic (exact) mass is 267 g/mol. The lowest BCUT2D eigenvalue weighted by molar-refractivity contribution is -0.143. The number of rotatable bonds is 8. The number of ether oxygens (including phenoxy) is 2. The molecule has 1 aromatic rings. The van der Waals surface area contributed by atoms with Gasteiger partial charge in [-0.05, 0) is 38.3 Å². The normalized spacial score (nSPS) is 10.1. The van der Waals surface area contributed by atoms with Crippen LogP contribution in [0.5, 0.6) is 5.75 Å². The van der Waals surface area contributed by atoms with Gasteiger partial charge in [-0.15, -0.1) is 0 Å². The largest absolute Gasteiger partial charge is 0.493 e. The number of unbranched alkanes of at least 4 members (excludes halogenated alkanes) is 1. The molecule has 0 atom stereocenters. The van der Waals surface area contributed by atoms with Crippen LogP contribution < -0.4 is 10.2 Å². The maximum Gasteiger partial charge on any atom is 0.305 e. The first-order valence-corrected chi connectivity index (χ1v) is 6.46. The zero-order valence-corrected chi connectivity index (χ0v) is 11.4. The van der Waals surface area contributed by atoms with Crippen molar-refractivity contribution in [2.75, 3.05) is 18.7 Å². The second-order valence-electron chi connectivity index (χ2n) is 4.20. The molecule has 5 heteroatoms. The van der Waals surface area contributed by atoms with Crippen LogP contribution in [-0.2, 0) is 9.53 Å². The Labute approximate surface area is 113 Å². The van der Waals surface area contributed by atoms with Gasteiger partial charge in [0.05, 0.1) is 18.9 Å². The first-order valence-electron chi connectivity index (χ1n) is 6.46. The van der Waals surface area contributed by atoms with Gasteiger partial charge >= 0.3 is 5.97 Å². The van der Waals surface area contributed by atoms with Crippen LogP contribution in [0.1, 0.15) is 31.7 Å². The minimum absolute atomic E-state index is 0.162. The average molecular weight is 267 g/mol. The summed E-state index contributed by atoms with van der Waals surface area (Å²) in [5, 5.41) is 8.82. The summed E-state index contributed by atoms with van der Waals surface area (Å²) >= 11 is 0. The Kier molecular flexibility index (Phi) is 6.74. The van der Waals surface area contributed by atoms with Gasteiger partial charge in [0.1, 0.15) is 5.75 Å². The van der Waals surface area contributed by atoms with Gasteiger partial charge in [-0.1, -0.05) is 6.07 Å². The molecule has 1 aromatic carbocycles. The molecular weight excluding hydrogens is 246 g/mol. The summed E-state index contributed by atoms with van der Waals surface area (Å²) < 4.78 is 10.5. The number of carbonyl (C=O) groups excluding carboxylic acids is 1. The van der Waals surface area contributed by atoms with Crippen LogP contribution in [0.25, 0.3) is 0 Å². The fourth-order valence-electron chi connectivity index (χ4n) is 1.61. The van der Waals surface area contributed by atoms with Crippen molar-refractivity contribution < 1.29 is 19.5 Å². The van der Waals surface area contributed by atoms with Gasteiger partial charge in [-0.3, -0.25) is 15.5 Å². The van der Waals surface area contributed by atoms with E-state index >= 15 is 0 Å². The highest BCUT2D eigenvalue weighted by atomic mass is 16.5. The van der Waals surface area contributed by atoms with Gasteiger partial charge < -0.3 is 9.47 Å². The Morgan fingerprint density at radius 1 is 1.37 bits per heavy atom. The van der Waals surface area contributed by atoms with Gasteiger partial charge in [0.2, 0.25) is 0 Å². The Hall–Kier alpha value is -1.75. The highest BCUT2D eigenvalue weighted by Crippen LogP contribution is 2.22. The Balaban J connectivity index is 2.27. The van der Waals surface area contributed by atoms with Crippen molar-refractivity contribution in [3.05, 3.63) is 23.8 Å². The highest BCUT2D eigenvalue weighted by molar-refractivity contribution is 5.69. The molecular formula is C14H21NO4. The van der Waals surface area contributed by atoms with Gasteiger partial charge in [0.25, 0.3) is 0 Å². The van der Waals surface area contributed by atoms with Crippen LogP contribution in [-0.4, -0.2) is 24.4 Å². The van der Waals surface area contributed by atoms with E-state index in [-0.39, 0.29) is 5.97 Å². The van der Waals surface area contributed by atoms with Crippen LogP contribution in [0.2, 0.25) is 0 Å². The number of benzene rings is 1. The average Bonchev–Trinajstić information content (AvgIpc) is 2.40. The molecule has 0 bridgehead atoms. The third-order valence-corrected chi connectivity index (χ3v) is 2.66. The second kappa shape index (κ2) is 8.37. The summed E-state index contributed by atoms with van der Waals surface area (Å²) in [6.07, 6.45) is 1.96. The molecule has 0 amide bonds. The molecule has 19 heavy (non-hydrogen) atoms. The smallest absolute Gasteiger partial charge is 0.305 e. The lowest BCUT2D eigenvalue weighted by Gasteiger charge is -2.10. The Bertz CT molecular complexity index is 406. The zero-order chi connectivity index (χ0) is 14.1. The molecule has 0 aliphatic carbocycles. The number of hydrogen-bond acceptors (Lipinski definition) is 5. The Morgan fingerprint density at radius 3 is 2.84 bits per heavy atom. The Morgan fingerprint density at radius 2 is 2.16 bits per heavy atom. The SMILES string of the molecule is CCOC(=O)CCCCOc1cc(NO)ccc1C. The van der Waals surface area contributed by atoms with Crippen LogP contribution in [0, 0.1) is 6.92 Å². The maximum absolute atomic E-state index is 11.1. The number of hydrogen-bond donors (Lipinski definition) is 2. The van der Waals surface area contributed by atoms with Crippen molar-refractivity contribution in [2.24, 2.45) is 0 Å².